The molecule has 1 aliphatic rings. The fraction of sp³-hybridized carbons (Fsp3) is 0.449. The lowest BCUT2D eigenvalue weighted by molar-refractivity contribution is -0.137. The third-order valence-electron chi connectivity index (χ3n) is 19.2. The number of thioether (sulfide) groups is 1. The molecule has 0 spiro atoms. The monoisotopic (exact) mass is 1750 g/mol. The van der Waals surface area contributed by atoms with Crippen LogP contribution in [-0.4, -0.2) is 234 Å². The van der Waals surface area contributed by atoms with Gasteiger partial charge in [-0.2, -0.15) is 0 Å². The Bertz CT molecular complexity index is 4450. The van der Waals surface area contributed by atoms with Crippen LogP contribution in [0.2, 0.25) is 0 Å². The minimum Gasteiger partial charge on any atom is -0.508 e. The molecule has 15 N–H and O–H groups in total. The second-order valence-electron chi connectivity index (χ2n) is 31.4. The second-order valence-corrected chi connectivity index (χ2v) is 35.3. The number of nitrogens with one attached hydrogen (secondary N) is 12. The Morgan fingerprint density at radius 1 is 0.520 bits per heavy atom. The number of unbranched alkanes of at least 4 members (excludes halogenated alkanes) is 1. The zero-order valence-corrected chi connectivity index (χ0v) is 73.0. The van der Waals surface area contributed by atoms with Crippen LogP contribution in [-0.2, 0) is 90.8 Å². The van der Waals surface area contributed by atoms with Crippen LogP contribution in [0.1, 0.15) is 114 Å². The third kappa shape index (κ3) is 32.8. The van der Waals surface area contributed by atoms with E-state index in [1.54, 1.807) is 114 Å². The number of aliphatic hydroxyl groups excluding tert-OH is 2. The second kappa shape index (κ2) is 49.5. The zero-order chi connectivity index (χ0) is 88.9. The van der Waals surface area contributed by atoms with Gasteiger partial charge in [-0.15, -0.1) is 11.8 Å². The van der Waals surface area contributed by atoms with E-state index in [2.05, 4.69) is 99.9 Å². The van der Waals surface area contributed by atoms with E-state index in [-0.39, 0.29) is 115 Å². The number of hydrogen-bond donors (Lipinski definition) is 15. The van der Waals surface area contributed by atoms with Crippen molar-refractivity contribution in [3.05, 3.63) is 209 Å². The van der Waals surface area contributed by atoms with E-state index >= 15 is 14.4 Å². The Kier molecular flexibility index (Phi) is 39.4. The van der Waals surface area contributed by atoms with E-state index in [9.17, 15) is 53.7 Å². The number of aromatic amines is 1. The quantitative estimate of drug-likeness (QED) is 0.0112. The van der Waals surface area contributed by atoms with E-state index in [4.69, 9.17) is 23.7 Å². The van der Waals surface area contributed by atoms with Crippen molar-refractivity contribution in [3.8, 4) is 5.75 Å². The lowest BCUT2D eigenvalue weighted by Gasteiger charge is -2.35. The van der Waals surface area contributed by atoms with Crippen molar-refractivity contribution in [3.63, 3.8) is 0 Å². The van der Waals surface area contributed by atoms with E-state index in [0.717, 1.165) is 38.3 Å². The molecule has 0 unspecified atom stereocenters. The van der Waals surface area contributed by atoms with Gasteiger partial charge < -0.3 is 102 Å². The number of fused-ring (bicyclic) bond motifs is 1. The molecule has 6 aromatic carbocycles. The maximum Gasteiger partial charge on any atom is 0.408 e. The highest BCUT2D eigenvalue weighted by atomic mass is 33.1. The number of aliphatic hydroxyl groups is 2. The van der Waals surface area contributed by atoms with Crippen LogP contribution in [0.5, 0.6) is 5.75 Å². The summed E-state index contributed by atoms with van der Waals surface area (Å²) >= 11 is 1.71. The Morgan fingerprint density at radius 3 is 1.63 bits per heavy atom. The largest absolute Gasteiger partial charge is 0.508 e. The standard InChI is InChI=1S/C89H116N12O19S3/c1-57(102)75(83(112)91-43-45-117-47-49-118-48-46-116-44-42-90-74(105)40-50-121-89(62-27-15-10-16-28-62,63-29-17-11-18-30-63)64-31-19-12-20-32-64)100-82(111)73-56-123-122-55-72(97-79(108)70(51-59-25-13-9-14-26-59)99-86(115)120-88(6,7)8)81(110)95-69(52-60-36-38-65(104)39-37-60)78(107)96-71(53-61-54-93-67-34-22-21-33-66(61)67)80(109)94-68(77(106)101-76(58(2)103)84(113)98-73)35-23-24-41-92-85(114)119-87(3,4)5/h9-22,25-34,36-39,54,57-58,68-73,75-76,93,102-104H,23-24,35,40-53,55-56H2,1-8H3,(H,90,105)(H,91,112)(H,92,114)(H,94,109)(H,95,110)(H,96,107)(H,97,108)(H,98,113)(H,99,115)(H,100,111)(H,101,106)/t57-,58-,68+,69+,70-,71-,72+,73+,75+,76+/m1/s1. The minimum absolute atomic E-state index is 0.0316. The number of amides is 11. The summed E-state index contributed by atoms with van der Waals surface area (Å²) in [6.07, 6.45) is -3.44. The highest BCUT2D eigenvalue weighted by Gasteiger charge is 2.40. The summed E-state index contributed by atoms with van der Waals surface area (Å²) in [5, 5.41) is 63.1. The van der Waals surface area contributed by atoms with Crippen molar-refractivity contribution in [2.24, 2.45) is 0 Å². The number of aromatic nitrogens is 1. The summed E-state index contributed by atoms with van der Waals surface area (Å²) in [4.78, 5) is 162. The number of benzene rings is 6. The van der Waals surface area contributed by atoms with Gasteiger partial charge in [0.05, 0.1) is 56.6 Å². The van der Waals surface area contributed by atoms with Crippen molar-refractivity contribution < 1.29 is 91.7 Å². The lowest BCUT2D eigenvalue weighted by Crippen LogP contribution is -2.63. The summed E-state index contributed by atoms with van der Waals surface area (Å²) in [7, 11) is 1.79. The number of ether oxygens (including phenoxy) is 5. The third-order valence-corrected chi connectivity index (χ3v) is 23.2. The number of hydrogen-bond acceptors (Lipinski definition) is 22. The summed E-state index contributed by atoms with van der Waals surface area (Å²) in [6, 6.07) is 39.5. The van der Waals surface area contributed by atoms with Crippen molar-refractivity contribution in [2.75, 3.05) is 76.5 Å². The van der Waals surface area contributed by atoms with Crippen LogP contribution in [0.25, 0.3) is 10.9 Å². The maximum atomic E-state index is 15.3. The Balaban J connectivity index is 0.955. The number of H-pyrrole nitrogens is 1. The average Bonchev–Trinajstić information content (AvgIpc) is 1.20. The number of carbonyl (C=O) groups excluding carboxylic acids is 11. The van der Waals surface area contributed by atoms with Gasteiger partial charge in [-0.1, -0.05) is 173 Å². The van der Waals surface area contributed by atoms with Gasteiger partial charge in [-0.25, -0.2) is 9.59 Å². The van der Waals surface area contributed by atoms with Crippen LogP contribution in [0.15, 0.2) is 176 Å². The molecular formula is C89H116N12O19S3. The van der Waals surface area contributed by atoms with Crippen LogP contribution < -0.4 is 58.5 Å². The van der Waals surface area contributed by atoms with Crippen molar-refractivity contribution in [2.45, 2.75) is 177 Å². The van der Waals surface area contributed by atoms with Gasteiger partial charge in [-0.05, 0) is 126 Å². The number of carbonyl (C=O) groups is 11. The molecular weight excluding hydrogens is 1640 g/mol. The molecule has 1 aliphatic heterocycles. The van der Waals surface area contributed by atoms with E-state index in [1.165, 1.54) is 38.1 Å². The molecule has 664 valence electrons. The smallest absolute Gasteiger partial charge is 0.408 e. The van der Waals surface area contributed by atoms with E-state index < -0.39 is 142 Å². The molecule has 0 saturated carbocycles. The molecule has 0 bridgehead atoms. The fourth-order valence-electron chi connectivity index (χ4n) is 13.1. The molecule has 0 radical (unpaired) electrons. The zero-order valence-electron chi connectivity index (χ0n) is 70.6. The number of phenols is 1. The highest BCUT2D eigenvalue weighted by molar-refractivity contribution is 8.76. The summed E-state index contributed by atoms with van der Waals surface area (Å²) in [5.74, 6) is -8.20. The average molecular weight is 1750 g/mol. The number of para-hydroxylation sites is 1. The summed E-state index contributed by atoms with van der Waals surface area (Å²) in [6.45, 7) is 13.6. The number of phenolic OH excluding ortho intramolecular Hbond substituents is 1. The Hall–Kier alpha value is -10.7. The molecule has 1 fully saturated rings. The molecule has 10 atom stereocenters. The van der Waals surface area contributed by atoms with Crippen LogP contribution in [0.4, 0.5) is 9.59 Å². The number of aromatic hydroxyl groups is 1. The molecule has 123 heavy (non-hydrogen) atoms. The minimum atomic E-state index is -1.87. The first-order chi connectivity index (χ1) is 58.9. The van der Waals surface area contributed by atoms with Gasteiger partial charge in [0.25, 0.3) is 0 Å². The molecule has 7 aromatic rings. The highest BCUT2D eigenvalue weighted by Crippen LogP contribution is 2.48. The topological polar surface area (TPSA) is 443 Å². The molecule has 2 heterocycles. The van der Waals surface area contributed by atoms with E-state index in [0.29, 0.717) is 39.9 Å². The van der Waals surface area contributed by atoms with Crippen LogP contribution in [0, 0.1) is 0 Å². The predicted octanol–water partition coefficient (Wildman–Crippen LogP) is 6.44. The van der Waals surface area contributed by atoms with Crippen molar-refractivity contribution >= 4 is 110 Å². The first-order valence-corrected chi connectivity index (χ1v) is 44.5. The molecule has 34 heteroatoms. The van der Waals surface area contributed by atoms with Crippen molar-refractivity contribution in [1.82, 2.24) is 63.5 Å². The first-order valence-electron chi connectivity index (χ1n) is 41.0. The van der Waals surface area contributed by atoms with Gasteiger partial charge in [0.1, 0.15) is 65.3 Å². The van der Waals surface area contributed by atoms with Gasteiger partial charge in [0.15, 0.2) is 0 Å². The Morgan fingerprint density at radius 2 is 1.04 bits per heavy atom. The van der Waals surface area contributed by atoms with Crippen molar-refractivity contribution in [1.29, 1.82) is 0 Å². The number of alkyl carbamates (subject to hydrolysis) is 2. The van der Waals surface area contributed by atoms with E-state index in [1.807, 2.05) is 54.6 Å². The molecule has 31 nitrogen and oxygen atoms in total. The summed E-state index contributed by atoms with van der Waals surface area (Å²) in [5.41, 5.74) is 3.74. The maximum absolute atomic E-state index is 15.3. The Labute approximate surface area is 729 Å². The lowest BCUT2D eigenvalue weighted by atomic mass is 9.84. The van der Waals surface area contributed by atoms with Gasteiger partial charge in [0.2, 0.25) is 53.2 Å². The molecule has 11 amide bonds. The SMILES string of the molecule is C[C@@H](O)[C@H](NC(=O)[C@@H]1CSSC[C@H](NC(=O)[C@@H](Cc2ccccc2)NC(=O)OC(C)(C)C)C(=O)N[C@@H](Cc2ccc(O)cc2)C(=O)N[C@H](Cc2c[nH]c3ccccc23)C(=O)N[C@@H](CCCCNC(=O)OC(C)(C)C)C(=O)N[C@@H]([C@@H](C)O)C(=O)N1)C(=O)NCCOCCOCCOCCNC(=O)CCSC(c1ccccc1)(c1ccccc1)c1ccccc1. The first kappa shape index (κ1) is 97.7. The molecule has 8 rings (SSSR count). The predicted molar refractivity (Wildman–Crippen MR) is 472 cm³/mol. The normalized spacial score (nSPS) is 18.2. The van der Waals surface area contributed by atoms with Gasteiger partial charge in [-0.3, -0.25) is 43.2 Å². The van der Waals surface area contributed by atoms with Gasteiger partial charge in [0, 0.05) is 79.7 Å². The van der Waals surface area contributed by atoms with Gasteiger partial charge >= 0.3 is 12.2 Å². The van der Waals surface area contributed by atoms with Crippen LogP contribution in [0.3, 0.4) is 0 Å². The summed E-state index contributed by atoms with van der Waals surface area (Å²) < 4.78 is 27.5. The molecule has 1 saturated heterocycles. The fourth-order valence-corrected chi connectivity index (χ4v) is 17.0. The van der Waals surface area contributed by atoms with Crippen LogP contribution >= 0.6 is 33.3 Å². The molecule has 1 aromatic heterocycles. The molecule has 0 aliphatic carbocycles. The number of rotatable bonds is 38.